The van der Waals surface area contributed by atoms with E-state index in [0.717, 1.165) is 80.5 Å². The molecule has 0 amide bonds. The number of rotatable bonds is 6. The highest BCUT2D eigenvalue weighted by molar-refractivity contribution is 5.84. The van der Waals surface area contributed by atoms with Crippen molar-refractivity contribution in [2.45, 2.75) is 63.3 Å². The Bertz CT molecular complexity index is 1020. The maximum Gasteiger partial charge on any atom is 0.223 e. The lowest BCUT2D eigenvalue weighted by atomic mass is 9.93. The first kappa shape index (κ1) is 21.1. The van der Waals surface area contributed by atoms with Crippen LogP contribution in [-0.2, 0) is 6.54 Å². The van der Waals surface area contributed by atoms with Crippen LogP contribution in [0.1, 0.15) is 44.2 Å². The Morgan fingerprint density at radius 2 is 1.94 bits per heavy atom. The lowest BCUT2D eigenvalue weighted by molar-refractivity contribution is 0.0845. The highest BCUT2D eigenvalue weighted by Gasteiger charge is 2.23. The van der Waals surface area contributed by atoms with Crippen molar-refractivity contribution in [3.8, 4) is 5.75 Å². The quantitative estimate of drug-likeness (QED) is 0.612. The average Bonchev–Trinajstić information content (AvgIpc) is 2.82. The second-order valence-electron chi connectivity index (χ2n) is 8.98. The number of benzene rings is 1. The van der Waals surface area contributed by atoms with Crippen molar-refractivity contribution in [2.24, 2.45) is 0 Å². The number of para-hydroxylation sites is 1. The summed E-state index contributed by atoms with van der Waals surface area (Å²) in [6.45, 7) is 2.80. The lowest BCUT2D eigenvalue weighted by Gasteiger charge is -2.32. The maximum absolute atomic E-state index is 9.75. The van der Waals surface area contributed by atoms with Gasteiger partial charge in [0.1, 0.15) is 17.4 Å². The van der Waals surface area contributed by atoms with Crippen LogP contribution in [0.25, 0.3) is 10.9 Å². The molecule has 168 valence electrons. The molecule has 0 spiro atoms. The zero-order chi connectivity index (χ0) is 21.8. The molecule has 1 aromatic carbocycles. The summed E-state index contributed by atoms with van der Waals surface area (Å²) in [6.07, 6.45) is 9.36. The van der Waals surface area contributed by atoms with Crippen LogP contribution in [0, 0.1) is 0 Å². The van der Waals surface area contributed by atoms with Gasteiger partial charge in [-0.1, -0.05) is 18.2 Å². The number of aliphatic hydroxyl groups is 1. The fraction of sp³-hybridized carbons (Fsp3) is 0.480. The van der Waals surface area contributed by atoms with Crippen molar-refractivity contribution >= 4 is 16.9 Å². The fourth-order valence-corrected chi connectivity index (χ4v) is 4.75. The Balaban J connectivity index is 1.28. The van der Waals surface area contributed by atoms with Crippen molar-refractivity contribution < 1.29 is 9.84 Å². The van der Waals surface area contributed by atoms with E-state index in [1.807, 2.05) is 42.7 Å². The third-order valence-corrected chi connectivity index (χ3v) is 6.47. The highest BCUT2D eigenvalue weighted by Crippen LogP contribution is 2.28. The summed E-state index contributed by atoms with van der Waals surface area (Å²) in [6, 6.07) is 12.4. The number of fused-ring (bicyclic) bond motifs is 1. The summed E-state index contributed by atoms with van der Waals surface area (Å²) < 4.78 is 6.48. The molecule has 2 aliphatic rings. The van der Waals surface area contributed by atoms with E-state index in [-0.39, 0.29) is 12.2 Å². The van der Waals surface area contributed by atoms with E-state index in [1.54, 1.807) is 0 Å². The zero-order valence-corrected chi connectivity index (χ0v) is 18.4. The Labute approximate surface area is 188 Å². The van der Waals surface area contributed by atoms with Gasteiger partial charge in [0.05, 0.1) is 11.8 Å². The molecule has 2 N–H and O–H groups in total. The summed E-state index contributed by atoms with van der Waals surface area (Å²) in [5.41, 5.74) is 1.94. The fourth-order valence-electron chi connectivity index (χ4n) is 4.75. The Morgan fingerprint density at radius 1 is 1.03 bits per heavy atom. The predicted octanol–water partition coefficient (Wildman–Crippen LogP) is 3.78. The van der Waals surface area contributed by atoms with Crippen molar-refractivity contribution in [3.63, 3.8) is 0 Å². The van der Waals surface area contributed by atoms with E-state index >= 15 is 0 Å². The zero-order valence-electron chi connectivity index (χ0n) is 18.4. The molecule has 7 nitrogen and oxygen atoms in total. The van der Waals surface area contributed by atoms with Gasteiger partial charge in [0.2, 0.25) is 5.95 Å². The molecule has 2 fully saturated rings. The standard InChI is InChI=1S/C25H31N5O2/c31-21-11-9-19(10-12-21)28-25-27-15-18-5-3-8-23(24(18)29-25)32-22-7-4-14-30(17-22)16-20-6-1-2-13-26-20/h1-3,5-6,8,13,15,19,21-22,31H,4,7,9-12,14,16-17H2,(H,27,28,29)/t19-,21-,22?. The molecule has 5 rings (SSSR count). The van der Waals surface area contributed by atoms with Gasteiger partial charge in [-0.15, -0.1) is 0 Å². The number of hydrogen-bond donors (Lipinski definition) is 2. The largest absolute Gasteiger partial charge is 0.487 e. The van der Waals surface area contributed by atoms with Gasteiger partial charge in [-0.05, 0) is 63.3 Å². The van der Waals surface area contributed by atoms with E-state index in [0.29, 0.717) is 12.0 Å². The first-order chi connectivity index (χ1) is 15.7. The molecule has 1 aliphatic heterocycles. The molecule has 1 aliphatic carbocycles. The molecule has 1 saturated carbocycles. The summed E-state index contributed by atoms with van der Waals surface area (Å²) in [4.78, 5) is 16.2. The van der Waals surface area contributed by atoms with Gasteiger partial charge in [0.25, 0.3) is 0 Å². The smallest absolute Gasteiger partial charge is 0.223 e. The Morgan fingerprint density at radius 3 is 2.78 bits per heavy atom. The van der Waals surface area contributed by atoms with Crippen molar-refractivity contribution in [1.82, 2.24) is 19.9 Å². The van der Waals surface area contributed by atoms with Crippen LogP contribution in [0.3, 0.4) is 0 Å². The first-order valence-corrected chi connectivity index (χ1v) is 11.7. The molecule has 1 atom stereocenters. The van der Waals surface area contributed by atoms with Gasteiger partial charge in [-0.2, -0.15) is 0 Å². The predicted molar refractivity (Wildman–Crippen MR) is 125 cm³/mol. The number of piperidine rings is 1. The number of hydrogen-bond acceptors (Lipinski definition) is 7. The number of aromatic nitrogens is 3. The topological polar surface area (TPSA) is 83.4 Å². The van der Waals surface area contributed by atoms with Crippen LogP contribution in [0.15, 0.2) is 48.8 Å². The van der Waals surface area contributed by atoms with Gasteiger partial charge in [0.15, 0.2) is 0 Å². The minimum Gasteiger partial charge on any atom is -0.487 e. The van der Waals surface area contributed by atoms with Gasteiger partial charge in [-0.25, -0.2) is 9.97 Å². The number of pyridine rings is 1. The average molecular weight is 434 g/mol. The monoisotopic (exact) mass is 433 g/mol. The summed E-state index contributed by atoms with van der Waals surface area (Å²) in [5, 5.41) is 14.2. The Kier molecular flexibility index (Phi) is 6.46. The van der Waals surface area contributed by atoms with Crippen LogP contribution in [0.5, 0.6) is 5.75 Å². The number of nitrogens with zero attached hydrogens (tertiary/aromatic N) is 4. The maximum atomic E-state index is 9.75. The molecule has 0 bridgehead atoms. The molecule has 32 heavy (non-hydrogen) atoms. The van der Waals surface area contributed by atoms with Crippen molar-refractivity contribution in [1.29, 1.82) is 0 Å². The molecular weight excluding hydrogens is 402 g/mol. The lowest BCUT2D eigenvalue weighted by Crippen LogP contribution is -2.40. The van der Waals surface area contributed by atoms with Crippen LogP contribution in [-0.4, -0.2) is 56.3 Å². The Hall–Kier alpha value is -2.77. The van der Waals surface area contributed by atoms with Gasteiger partial charge in [-0.3, -0.25) is 9.88 Å². The minimum atomic E-state index is -0.168. The summed E-state index contributed by atoms with van der Waals surface area (Å²) in [7, 11) is 0. The van der Waals surface area contributed by atoms with E-state index in [2.05, 4.69) is 26.3 Å². The number of likely N-dealkylation sites (tertiary alicyclic amines) is 1. The van der Waals surface area contributed by atoms with Crippen molar-refractivity contribution in [2.75, 3.05) is 18.4 Å². The first-order valence-electron chi connectivity index (χ1n) is 11.7. The van der Waals surface area contributed by atoms with E-state index in [4.69, 9.17) is 9.72 Å². The molecule has 1 saturated heterocycles. The van der Waals surface area contributed by atoms with Crippen LogP contribution in [0.2, 0.25) is 0 Å². The minimum absolute atomic E-state index is 0.129. The molecule has 3 heterocycles. The van der Waals surface area contributed by atoms with Crippen molar-refractivity contribution in [3.05, 3.63) is 54.5 Å². The number of nitrogens with one attached hydrogen (secondary N) is 1. The third kappa shape index (κ3) is 5.16. The highest BCUT2D eigenvalue weighted by atomic mass is 16.5. The van der Waals surface area contributed by atoms with Gasteiger partial charge >= 0.3 is 0 Å². The molecule has 7 heteroatoms. The SMILES string of the molecule is O[C@H]1CC[C@H](Nc2ncc3cccc(OC4CCCN(Cc5ccccn5)C4)c3n2)CC1. The van der Waals surface area contributed by atoms with E-state index in [9.17, 15) is 5.11 Å². The summed E-state index contributed by atoms with van der Waals surface area (Å²) in [5.74, 6) is 1.45. The van der Waals surface area contributed by atoms with Crippen LogP contribution in [0.4, 0.5) is 5.95 Å². The number of anilines is 1. The van der Waals surface area contributed by atoms with E-state index in [1.165, 1.54) is 0 Å². The number of ether oxygens (including phenoxy) is 1. The van der Waals surface area contributed by atoms with Crippen LogP contribution >= 0.6 is 0 Å². The summed E-state index contributed by atoms with van der Waals surface area (Å²) >= 11 is 0. The van der Waals surface area contributed by atoms with E-state index < -0.39 is 0 Å². The molecule has 3 aromatic rings. The molecule has 1 unspecified atom stereocenters. The second kappa shape index (κ2) is 9.79. The normalized spacial score (nSPS) is 24.3. The molecule has 2 aromatic heterocycles. The third-order valence-electron chi connectivity index (χ3n) is 6.47. The van der Waals surface area contributed by atoms with Gasteiger partial charge in [0, 0.05) is 36.9 Å². The van der Waals surface area contributed by atoms with Crippen LogP contribution < -0.4 is 10.1 Å². The number of aliphatic hydroxyl groups excluding tert-OH is 1. The van der Waals surface area contributed by atoms with Gasteiger partial charge < -0.3 is 15.2 Å². The molecule has 0 radical (unpaired) electrons. The second-order valence-corrected chi connectivity index (χ2v) is 8.98. The molecular formula is C25H31N5O2.